The van der Waals surface area contributed by atoms with Gasteiger partial charge in [0.2, 0.25) is 11.6 Å². The highest BCUT2D eigenvalue weighted by molar-refractivity contribution is 5.80. The van der Waals surface area contributed by atoms with Gasteiger partial charge in [0.25, 0.3) is 0 Å². The van der Waals surface area contributed by atoms with Gasteiger partial charge in [-0.15, -0.1) is 0 Å². The van der Waals surface area contributed by atoms with Gasteiger partial charge in [-0.1, -0.05) is 10.2 Å². The van der Waals surface area contributed by atoms with Crippen LogP contribution in [0.25, 0.3) is 20.9 Å². The molecule has 0 aromatic rings. The van der Waals surface area contributed by atoms with Crippen molar-refractivity contribution in [3.63, 3.8) is 0 Å². The van der Waals surface area contributed by atoms with Gasteiger partial charge in [-0.25, -0.2) is 0 Å². The maximum absolute atomic E-state index is 11.4. The van der Waals surface area contributed by atoms with E-state index in [0.717, 1.165) is 6.92 Å². The second-order valence-corrected chi connectivity index (χ2v) is 3.63. The lowest BCUT2D eigenvalue weighted by molar-refractivity contribution is -0.130. The van der Waals surface area contributed by atoms with E-state index in [2.05, 4.69) is 20.1 Å². The van der Waals surface area contributed by atoms with E-state index in [1.54, 1.807) is 5.32 Å². The lowest BCUT2D eigenvalue weighted by Crippen LogP contribution is -2.61. The molecule has 0 aliphatic carbocycles. The number of carbonyl (C=O) groups is 2. The van der Waals surface area contributed by atoms with Crippen LogP contribution in [0.3, 0.4) is 0 Å². The van der Waals surface area contributed by atoms with Gasteiger partial charge in [0.1, 0.15) is 7.47 Å². The van der Waals surface area contributed by atoms with E-state index in [-0.39, 0.29) is 0 Å². The van der Waals surface area contributed by atoms with Crippen LogP contribution in [0.2, 0.25) is 0 Å². The topological polar surface area (TPSA) is 204 Å². The lowest BCUT2D eigenvalue weighted by atomic mass is 9.94. The van der Waals surface area contributed by atoms with E-state index < -0.39 is 42.7 Å². The number of hydrogen-bond acceptors (Lipinski definition) is 7. The minimum Gasteiger partial charge on any atom is -0.394 e. The molecule has 0 radical (unpaired) electrons. The van der Waals surface area contributed by atoms with Crippen LogP contribution in [0.1, 0.15) is 8.29 Å². The first-order valence-electron chi connectivity index (χ1n) is 5.64. The summed E-state index contributed by atoms with van der Waals surface area (Å²) in [5.74, 6) is -0.930. The molecule has 0 saturated heterocycles. The molecule has 20 heavy (non-hydrogen) atoms. The normalized spacial score (nSPS) is 18.1. The Hall–Kier alpha value is -2.36. The fraction of sp³-hybridized carbons (Fsp3) is 0.750. The van der Waals surface area contributed by atoms with Crippen LogP contribution in [0.5, 0.6) is 0 Å². The van der Waals surface area contributed by atoms with Crippen LogP contribution in [-0.4, -0.2) is 58.0 Å². The van der Waals surface area contributed by atoms with Crippen LogP contribution >= 0.6 is 0 Å². The second kappa shape index (κ2) is 7.94. The summed E-state index contributed by atoms with van der Waals surface area (Å²) in [6.45, 7) is -0.0400. The monoisotopic (exact) mass is 288 g/mol. The third kappa shape index (κ3) is 4.09. The molecule has 0 rings (SSSR count). The van der Waals surface area contributed by atoms with Crippen molar-refractivity contribution in [1.82, 2.24) is 5.32 Å². The quantitative estimate of drug-likeness (QED) is 0.186. The van der Waals surface area contributed by atoms with Gasteiger partial charge in [-0.3, -0.25) is 4.79 Å². The van der Waals surface area contributed by atoms with E-state index in [1.165, 1.54) is 0 Å². The Morgan fingerprint density at radius 3 is 2.50 bits per heavy atom. The van der Waals surface area contributed by atoms with Crippen LogP contribution in [0.15, 0.2) is 10.2 Å². The number of aldehydes is 1. The van der Waals surface area contributed by atoms with Gasteiger partial charge < -0.3 is 25.4 Å². The minimum atomic E-state index is -2.81. The second-order valence-electron chi connectivity index (χ2n) is 3.63. The molecule has 0 aliphatic rings. The third-order valence-corrected chi connectivity index (χ3v) is 2.24. The fourth-order valence-electron chi connectivity index (χ4n) is 1.37. The van der Waals surface area contributed by atoms with E-state index in [0.29, 0.717) is 0 Å². The summed E-state index contributed by atoms with van der Waals surface area (Å²) < 4.78 is 7.08. The van der Waals surface area contributed by atoms with Crippen molar-refractivity contribution in [2.75, 3.05) is 6.61 Å². The number of amides is 1. The van der Waals surface area contributed by atoms with Crippen LogP contribution < -0.4 is 5.32 Å². The van der Waals surface area contributed by atoms with Crippen molar-refractivity contribution in [1.29, 1.82) is 0 Å². The number of carbonyl (C=O) groups excluding carboxylic acids is 2. The largest absolute Gasteiger partial charge is 0.394 e. The first-order valence-corrected chi connectivity index (χ1v) is 5.14. The summed E-state index contributed by atoms with van der Waals surface area (Å²) in [5.41, 5.74) is 14.0. The summed E-state index contributed by atoms with van der Waals surface area (Å²) in [5, 5.41) is 36.0. The predicted molar refractivity (Wildman–Crippen MR) is 63.8 cm³/mol. The van der Waals surface area contributed by atoms with E-state index in [9.17, 15) is 19.8 Å². The number of nitrogens with one attached hydrogen (secondary N) is 1. The van der Waals surface area contributed by atoms with Crippen molar-refractivity contribution in [3.05, 3.63) is 20.9 Å². The Morgan fingerprint density at radius 1 is 1.55 bits per heavy atom. The molecule has 4 atom stereocenters. The van der Waals surface area contributed by atoms with Crippen molar-refractivity contribution >= 4 is 12.2 Å². The summed E-state index contributed by atoms with van der Waals surface area (Å²) in [4.78, 5) is 27.1. The molecule has 0 unspecified atom stereocenters. The zero-order chi connectivity index (χ0) is 16.6. The number of rotatable bonds is 8. The Labute approximate surface area is 113 Å². The number of aliphatic hydroxyl groups is 3. The van der Waals surface area contributed by atoms with Gasteiger partial charge in [0.05, 0.1) is 18.8 Å². The van der Waals surface area contributed by atoms with E-state index >= 15 is 0 Å². The zero-order valence-corrected chi connectivity index (χ0v) is 10.3. The number of nitrogens with zero attached hydrogens (tertiary/aromatic N) is 6. The molecule has 4 N–H and O–H groups in total. The third-order valence-electron chi connectivity index (χ3n) is 2.24. The van der Waals surface area contributed by atoms with E-state index in [4.69, 9.17) is 17.5 Å². The molecule has 0 fully saturated rings. The van der Waals surface area contributed by atoms with Gasteiger partial charge in [0, 0.05) is 16.7 Å². The lowest BCUT2D eigenvalue weighted by Gasteiger charge is -2.33. The highest BCUT2D eigenvalue weighted by Gasteiger charge is 2.44. The molecule has 110 valence electrons. The highest BCUT2D eigenvalue weighted by atomic mass is 16.3. The molecule has 0 heterocycles. The molecule has 0 aliphatic heterocycles. The summed E-state index contributed by atoms with van der Waals surface area (Å²) in [7, 11) is 0. The van der Waals surface area contributed by atoms with Crippen molar-refractivity contribution in [3.8, 4) is 0 Å². The van der Waals surface area contributed by atoms with Crippen molar-refractivity contribution < 1.29 is 26.3 Å². The van der Waals surface area contributed by atoms with Gasteiger partial charge in [-0.2, -0.15) is 0 Å². The standard InChI is InChI=1S/C8H13N7O5/c1-4(18)11-8(3-17,13-15-10)7(20)6(12-14-9)5(19)2-16/h3,5-7,16,19-20H,2H2,1H3,(H,11,18)/t5-,6-,7+,8-/m1/s1/i3D. The predicted octanol–water partition coefficient (Wildman–Crippen LogP) is -1.28. The highest BCUT2D eigenvalue weighted by Crippen LogP contribution is 2.19. The van der Waals surface area contributed by atoms with Crippen molar-refractivity contribution in [2.24, 2.45) is 10.2 Å². The summed E-state index contributed by atoms with van der Waals surface area (Å²) in [6, 6.07) is -1.85. The van der Waals surface area contributed by atoms with Gasteiger partial charge in [0.15, 0.2) is 6.26 Å². The maximum Gasteiger partial charge on any atom is 0.217 e. The van der Waals surface area contributed by atoms with E-state index in [1.807, 2.05) is 0 Å². The molecule has 0 bridgehead atoms. The molecule has 0 aromatic carbocycles. The van der Waals surface area contributed by atoms with Crippen LogP contribution in [0.4, 0.5) is 0 Å². The molecule has 0 spiro atoms. The summed E-state index contributed by atoms with van der Waals surface area (Å²) >= 11 is 0. The number of azide groups is 2. The Balaban J connectivity index is 5.98. The van der Waals surface area contributed by atoms with Crippen molar-refractivity contribution in [2.45, 2.75) is 30.8 Å². The summed E-state index contributed by atoms with van der Waals surface area (Å²) in [6.07, 6.45) is -5.80. The Kier molecular flexibility index (Phi) is 6.23. The Morgan fingerprint density at radius 2 is 2.15 bits per heavy atom. The average molecular weight is 288 g/mol. The smallest absolute Gasteiger partial charge is 0.217 e. The first kappa shape index (κ1) is 15.7. The molecular weight excluding hydrogens is 274 g/mol. The SMILES string of the molecule is [2H]C(=O)[C@](N=[N+]=[N-])(NC(C)=O)[C@@H](O)[C@H](N=[N+]=[N-])[C@H](O)CO. The first-order chi connectivity index (χ1) is 9.76. The number of aliphatic hydroxyl groups excluding tert-OH is 3. The molecule has 0 saturated carbocycles. The van der Waals surface area contributed by atoms with Crippen LogP contribution in [-0.2, 0) is 9.59 Å². The Bertz CT molecular complexity index is 499. The molecule has 12 heteroatoms. The van der Waals surface area contributed by atoms with Crippen LogP contribution in [0, 0.1) is 0 Å². The molecular formula is C8H13N7O5. The molecule has 0 aromatic heterocycles. The zero-order valence-electron chi connectivity index (χ0n) is 11.3. The maximum atomic E-state index is 11.4. The fourth-order valence-corrected chi connectivity index (χ4v) is 1.37. The number of hydrogen-bond donors (Lipinski definition) is 4. The van der Waals surface area contributed by atoms with Gasteiger partial charge in [-0.05, 0) is 11.1 Å². The average Bonchev–Trinajstić information content (AvgIpc) is 2.41. The molecule has 12 nitrogen and oxygen atoms in total. The van der Waals surface area contributed by atoms with Gasteiger partial charge >= 0.3 is 0 Å². The molecule has 1 amide bonds. The minimum absolute atomic E-state index is 0.919.